The third-order valence-corrected chi connectivity index (χ3v) is 7.43. The summed E-state index contributed by atoms with van der Waals surface area (Å²) in [5.74, 6) is -0.211. The minimum atomic E-state index is -0.768. The van der Waals surface area contributed by atoms with Gasteiger partial charge in [0.2, 0.25) is 4.80 Å². The van der Waals surface area contributed by atoms with Crippen molar-refractivity contribution in [3.05, 3.63) is 111 Å². The fourth-order valence-corrected chi connectivity index (χ4v) is 5.36. The first-order valence-corrected chi connectivity index (χ1v) is 13.5. The zero-order valence-corrected chi connectivity index (χ0v) is 23.7. The minimum absolute atomic E-state index is 0.00252. The number of ether oxygens (including phenoxy) is 2. The Morgan fingerprint density at radius 3 is 2.40 bits per heavy atom. The first kappa shape index (κ1) is 27.4. The van der Waals surface area contributed by atoms with Crippen LogP contribution in [0.15, 0.2) is 82.2 Å². The van der Waals surface area contributed by atoms with Gasteiger partial charge in [-0.05, 0) is 74.5 Å². The van der Waals surface area contributed by atoms with E-state index in [1.165, 1.54) is 23.5 Å². The molecule has 0 radical (unpaired) electrons. The molecule has 0 aliphatic heterocycles. The average molecular weight is 579 g/mol. The molecular formula is C30H25ClF2N4O2S. The highest BCUT2D eigenvalue weighted by molar-refractivity contribution is 7.07. The lowest BCUT2D eigenvalue weighted by atomic mass is 10.1. The molecule has 0 N–H and O–H groups in total. The van der Waals surface area contributed by atoms with Crippen LogP contribution in [0, 0.1) is 25.5 Å². The lowest BCUT2D eigenvalue weighted by Gasteiger charge is -2.11. The molecule has 0 aliphatic rings. The van der Waals surface area contributed by atoms with Crippen LogP contribution in [0.4, 0.5) is 14.5 Å². The fraction of sp³-hybridized carbons (Fsp3) is 0.133. The van der Waals surface area contributed by atoms with Crippen LogP contribution in [0.25, 0.3) is 16.9 Å². The number of benzene rings is 3. The summed E-state index contributed by atoms with van der Waals surface area (Å²) in [7, 11) is 3.16. The summed E-state index contributed by atoms with van der Waals surface area (Å²) in [5.41, 5.74) is 5.22. The molecule has 0 saturated heterocycles. The highest BCUT2D eigenvalue weighted by Gasteiger charge is 2.16. The quantitative estimate of drug-likeness (QED) is 0.186. The lowest BCUT2D eigenvalue weighted by Crippen LogP contribution is -2.12. The number of hydrogen-bond acceptors (Lipinski definition) is 5. The molecule has 5 rings (SSSR count). The Kier molecular flexibility index (Phi) is 7.86. The number of methoxy groups -OCH3 is 2. The largest absolute Gasteiger partial charge is 0.497 e. The summed E-state index contributed by atoms with van der Waals surface area (Å²) >= 11 is 7.35. The van der Waals surface area contributed by atoms with Crippen LogP contribution in [-0.2, 0) is 0 Å². The van der Waals surface area contributed by atoms with Gasteiger partial charge in [0.1, 0.15) is 23.0 Å². The van der Waals surface area contributed by atoms with E-state index in [0.717, 1.165) is 28.7 Å². The number of halogens is 3. The lowest BCUT2D eigenvalue weighted by molar-refractivity contribution is 0.404. The van der Waals surface area contributed by atoms with Gasteiger partial charge < -0.3 is 14.0 Å². The van der Waals surface area contributed by atoms with E-state index in [9.17, 15) is 8.78 Å². The summed E-state index contributed by atoms with van der Waals surface area (Å²) in [6.45, 7) is 4.02. The number of nitrogens with zero attached hydrogens (tertiary/aromatic N) is 4. The Balaban J connectivity index is 1.67. The molecule has 6 nitrogen and oxygen atoms in total. The average Bonchev–Trinajstić information content (AvgIpc) is 3.47. The molecule has 0 aliphatic carbocycles. The van der Waals surface area contributed by atoms with E-state index in [0.29, 0.717) is 32.6 Å². The summed E-state index contributed by atoms with van der Waals surface area (Å²) in [5, 5.41) is 7.31. The molecule has 2 heterocycles. The van der Waals surface area contributed by atoms with E-state index in [4.69, 9.17) is 26.2 Å². The van der Waals surface area contributed by atoms with Crippen LogP contribution in [0.5, 0.6) is 11.5 Å². The molecule has 0 amide bonds. The van der Waals surface area contributed by atoms with Gasteiger partial charge in [-0.3, -0.25) is 0 Å². The SMILES string of the molecule is COc1ccc(OC)c(-c2csc(=Nc3ccc(F)cc3F)n2N=Cc2cc(C)n(-c3ccc(Cl)cc3)c2C)c1. The Morgan fingerprint density at radius 1 is 0.925 bits per heavy atom. The van der Waals surface area contributed by atoms with Crippen molar-refractivity contribution in [1.29, 1.82) is 0 Å². The van der Waals surface area contributed by atoms with Gasteiger partial charge in [-0.1, -0.05) is 11.6 Å². The number of rotatable bonds is 7. The normalized spacial score (nSPS) is 11.9. The van der Waals surface area contributed by atoms with Crippen LogP contribution >= 0.6 is 22.9 Å². The van der Waals surface area contributed by atoms with Crippen LogP contribution in [0.3, 0.4) is 0 Å². The monoisotopic (exact) mass is 578 g/mol. The minimum Gasteiger partial charge on any atom is -0.497 e. The van der Waals surface area contributed by atoms with Gasteiger partial charge in [0.15, 0.2) is 5.82 Å². The smallest absolute Gasteiger partial charge is 0.211 e. The molecule has 0 fully saturated rings. The summed E-state index contributed by atoms with van der Waals surface area (Å²) in [6, 6.07) is 18.3. The zero-order valence-electron chi connectivity index (χ0n) is 22.2. The Morgan fingerprint density at radius 2 is 1.70 bits per heavy atom. The molecule has 0 bridgehead atoms. The topological polar surface area (TPSA) is 53.0 Å². The number of aromatic nitrogens is 2. The van der Waals surface area contributed by atoms with Crippen LogP contribution in [-0.4, -0.2) is 29.7 Å². The van der Waals surface area contributed by atoms with Crippen molar-refractivity contribution >= 4 is 34.8 Å². The molecule has 204 valence electrons. The van der Waals surface area contributed by atoms with E-state index in [2.05, 4.69) is 9.56 Å². The van der Waals surface area contributed by atoms with Gasteiger partial charge in [0.25, 0.3) is 0 Å². The maximum absolute atomic E-state index is 14.5. The summed E-state index contributed by atoms with van der Waals surface area (Å²) < 4.78 is 42.8. The number of aryl methyl sites for hydroxylation is 1. The first-order valence-electron chi connectivity index (χ1n) is 12.2. The zero-order chi connectivity index (χ0) is 28.4. The van der Waals surface area contributed by atoms with Gasteiger partial charge in [0.05, 0.1) is 26.1 Å². The highest BCUT2D eigenvalue weighted by Crippen LogP contribution is 2.34. The molecular weight excluding hydrogens is 554 g/mol. The van der Waals surface area contributed by atoms with E-state index < -0.39 is 11.6 Å². The maximum atomic E-state index is 14.5. The molecule has 5 aromatic rings. The molecule has 0 saturated carbocycles. The van der Waals surface area contributed by atoms with E-state index in [-0.39, 0.29) is 5.69 Å². The van der Waals surface area contributed by atoms with Crippen molar-refractivity contribution in [2.24, 2.45) is 10.1 Å². The molecule has 40 heavy (non-hydrogen) atoms. The second-order valence-corrected chi connectivity index (χ2v) is 10.1. The Labute approximate surface area is 239 Å². The third kappa shape index (κ3) is 5.43. The van der Waals surface area contributed by atoms with Crippen LogP contribution < -0.4 is 14.3 Å². The number of hydrogen-bond donors (Lipinski definition) is 0. The molecule has 0 spiro atoms. The van der Waals surface area contributed by atoms with Crippen molar-refractivity contribution in [2.75, 3.05) is 14.2 Å². The van der Waals surface area contributed by atoms with E-state index in [1.807, 2.05) is 55.6 Å². The second-order valence-electron chi connectivity index (χ2n) is 8.87. The Hall–Kier alpha value is -4.21. The van der Waals surface area contributed by atoms with Gasteiger partial charge in [-0.15, -0.1) is 11.3 Å². The number of thiazole rings is 1. The predicted octanol–water partition coefficient (Wildman–Crippen LogP) is 7.69. The van der Waals surface area contributed by atoms with Gasteiger partial charge in [-0.25, -0.2) is 18.4 Å². The third-order valence-electron chi connectivity index (χ3n) is 6.36. The first-order chi connectivity index (χ1) is 19.3. The second kappa shape index (κ2) is 11.5. The molecule has 2 aromatic heterocycles. The van der Waals surface area contributed by atoms with Crippen LogP contribution in [0.1, 0.15) is 17.0 Å². The van der Waals surface area contributed by atoms with E-state index >= 15 is 0 Å². The maximum Gasteiger partial charge on any atom is 0.211 e. The molecule has 10 heteroatoms. The standard InChI is InChI=1S/C30H25ClF2N4O2S/c1-18-13-20(19(2)36(18)23-8-5-21(31)6-9-23)16-34-37-28(25-15-24(38-3)10-12-29(25)39-4)17-40-30(37)35-27-11-7-22(32)14-26(27)33/h5-17H,1-4H3. The highest BCUT2D eigenvalue weighted by atomic mass is 35.5. The van der Waals surface area contributed by atoms with Crippen molar-refractivity contribution < 1.29 is 18.3 Å². The van der Waals surface area contributed by atoms with Gasteiger partial charge >= 0.3 is 0 Å². The van der Waals surface area contributed by atoms with Crippen molar-refractivity contribution in [3.8, 4) is 28.4 Å². The summed E-state index contributed by atoms with van der Waals surface area (Å²) in [4.78, 5) is 4.86. The van der Waals surface area contributed by atoms with Gasteiger partial charge in [0, 0.05) is 44.7 Å². The predicted molar refractivity (Wildman–Crippen MR) is 156 cm³/mol. The Bertz CT molecular complexity index is 1790. The van der Waals surface area contributed by atoms with Gasteiger partial charge in [-0.2, -0.15) is 5.10 Å². The molecule has 0 atom stereocenters. The molecule has 3 aromatic carbocycles. The van der Waals surface area contributed by atoms with Crippen molar-refractivity contribution in [1.82, 2.24) is 9.24 Å². The fourth-order valence-electron chi connectivity index (χ4n) is 4.39. The van der Waals surface area contributed by atoms with Crippen molar-refractivity contribution in [3.63, 3.8) is 0 Å². The summed E-state index contributed by atoms with van der Waals surface area (Å²) in [6.07, 6.45) is 1.73. The van der Waals surface area contributed by atoms with E-state index in [1.54, 1.807) is 37.2 Å². The van der Waals surface area contributed by atoms with Crippen LogP contribution in [0.2, 0.25) is 5.02 Å². The van der Waals surface area contributed by atoms with Crippen molar-refractivity contribution in [2.45, 2.75) is 13.8 Å². The molecule has 0 unspecified atom stereocenters.